The lowest BCUT2D eigenvalue weighted by Crippen LogP contribution is -2.04. The van der Waals surface area contributed by atoms with Crippen LogP contribution in [0.2, 0.25) is 5.15 Å². The average Bonchev–Trinajstić information content (AvgIpc) is 2.27. The first-order chi connectivity index (χ1) is 7.61. The van der Waals surface area contributed by atoms with Crippen LogP contribution in [-0.2, 0) is 4.74 Å². The Morgan fingerprint density at radius 3 is 2.94 bits per heavy atom. The number of ether oxygens (including phenoxy) is 1. The zero-order chi connectivity index (χ0) is 11.7. The van der Waals surface area contributed by atoms with Gasteiger partial charge in [-0.3, -0.25) is 0 Å². The zero-order valence-corrected chi connectivity index (χ0v) is 8.95. The summed E-state index contributed by atoms with van der Waals surface area (Å²) in [5.74, 6) is -1.14. The highest BCUT2D eigenvalue weighted by atomic mass is 35.5. The molecule has 0 unspecified atom stereocenters. The highest BCUT2D eigenvalue weighted by molar-refractivity contribution is 6.34. The lowest BCUT2D eigenvalue weighted by Gasteiger charge is -2.02. The molecule has 0 aromatic carbocycles. The fourth-order valence-electron chi connectivity index (χ4n) is 1.28. The Bertz CT molecular complexity index is 574. The molecule has 0 aliphatic rings. The lowest BCUT2D eigenvalue weighted by atomic mass is 10.2. The van der Waals surface area contributed by atoms with Crippen molar-refractivity contribution < 1.29 is 13.9 Å². The quantitative estimate of drug-likeness (QED) is 0.566. The Hall–Kier alpha value is -1.75. The van der Waals surface area contributed by atoms with E-state index in [0.717, 1.165) is 6.20 Å². The van der Waals surface area contributed by atoms with E-state index in [4.69, 9.17) is 11.6 Å². The molecule has 2 aromatic heterocycles. The lowest BCUT2D eigenvalue weighted by molar-refractivity contribution is 0.0594. The Labute approximate surface area is 95.0 Å². The van der Waals surface area contributed by atoms with Crippen LogP contribution >= 0.6 is 11.6 Å². The predicted octanol–water partition coefficient (Wildman–Crippen LogP) is 2.21. The first-order valence-electron chi connectivity index (χ1n) is 4.32. The van der Waals surface area contributed by atoms with Crippen molar-refractivity contribution in [2.45, 2.75) is 0 Å². The molecule has 0 aliphatic carbocycles. The molecule has 0 spiro atoms. The van der Waals surface area contributed by atoms with Gasteiger partial charge in [-0.1, -0.05) is 11.6 Å². The van der Waals surface area contributed by atoms with Gasteiger partial charge in [-0.2, -0.15) is 0 Å². The number of rotatable bonds is 1. The smallest absolute Gasteiger partial charge is 0.356 e. The van der Waals surface area contributed by atoms with E-state index in [9.17, 15) is 9.18 Å². The summed E-state index contributed by atoms with van der Waals surface area (Å²) < 4.78 is 17.4. The summed E-state index contributed by atoms with van der Waals surface area (Å²) in [6, 6.07) is 2.60. The first-order valence-corrected chi connectivity index (χ1v) is 4.69. The van der Waals surface area contributed by atoms with Gasteiger partial charge in [0, 0.05) is 5.39 Å². The summed E-state index contributed by atoms with van der Waals surface area (Å²) in [7, 11) is 1.23. The van der Waals surface area contributed by atoms with Crippen LogP contribution in [0.4, 0.5) is 4.39 Å². The van der Waals surface area contributed by atoms with Gasteiger partial charge < -0.3 is 4.74 Å². The molecule has 2 aromatic rings. The molecule has 16 heavy (non-hydrogen) atoms. The van der Waals surface area contributed by atoms with Crippen LogP contribution in [-0.4, -0.2) is 23.0 Å². The van der Waals surface area contributed by atoms with Gasteiger partial charge in [-0.25, -0.2) is 19.2 Å². The maximum atomic E-state index is 12.9. The van der Waals surface area contributed by atoms with Crippen LogP contribution in [0.3, 0.4) is 0 Å². The maximum absolute atomic E-state index is 12.9. The number of carbonyl (C=O) groups is 1. The molecule has 0 N–H and O–H groups in total. The van der Waals surface area contributed by atoms with Crippen LogP contribution in [0.15, 0.2) is 18.3 Å². The van der Waals surface area contributed by atoms with Crippen molar-refractivity contribution in [2.24, 2.45) is 0 Å². The molecule has 4 nitrogen and oxygen atoms in total. The van der Waals surface area contributed by atoms with Gasteiger partial charge in [-0.05, 0) is 12.1 Å². The summed E-state index contributed by atoms with van der Waals surface area (Å²) >= 11 is 5.81. The molecule has 0 aliphatic heterocycles. The molecule has 0 saturated carbocycles. The summed E-state index contributed by atoms with van der Waals surface area (Å²) in [5, 5.41) is 0.443. The van der Waals surface area contributed by atoms with Gasteiger partial charge in [0.1, 0.15) is 11.3 Å². The number of carbonyl (C=O) groups excluding carboxylic acids is 1. The molecule has 82 valence electrons. The van der Waals surface area contributed by atoms with E-state index in [-0.39, 0.29) is 10.8 Å². The Morgan fingerprint density at radius 1 is 1.50 bits per heavy atom. The van der Waals surface area contributed by atoms with Crippen molar-refractivity contribution in [3.8, 4) is 0 Å². The molecule has 0 atom stereocenters. The van der Waals surface area contributed by atoms with Crippen LogP contribution in [0.1, 0.15) is 10.5 Å². The number of pyridine rings is 2. The topological polar surface area (TPSA) is 52.1 Å². The molecule has 6 heteroatoms. The maximum Gasteiger partial charge on any atom is 0.356 e. The second-order valence-electron chi connectivity index (χ2n) is 3.02. The van der Waals surface area contributed by atoms with Gasteiger partial charge in [0.05, 0.1) is 13.3 Å². The second-order valence-corrected chi connectivity index (χ2v) is 3.37. The minimum absolute atomic E-state index is 0.0207. The van der Waals surface area contributed by atoms with Crippen molar-refractivity contribution in [2.75, 3.05) is 7.11 Å². The van der Waals surface area contributed by atoms with Crippen molar-refractivity contribution in [3.05, 3.63) is 35.0 Å². The van der Waals surface area contributed by atoms with Crippen LogP contribution < -0.4 is 0 Å². The Kier molecular flexibility index (Phi) is 2.70. The van der Waals surface area contributed by atoms with Gasteiger partial charge >= 0.3 is 5.97 Å². The monoisotopic (exact) mass is 240 g/mol. The van der Waals surface area contributed by atoms with E-state index in [1.807, 2.05) is 0 Å². The number of nitrogens with zero attached hydrogens (tertiary/aromatic N) is 2. The molecular formula is C10H6ClFN2O2. The predicted molar refractivity (Wildman–Crippen MR) is 55.8 cm³/mol. The van der Waals surface area contributed by atoms with E-state index in [0.29, 0.717) is 10.9 Å². The number of hydrogen-bond acceptors (Lipinski definition) is 4. The third-order valence-corrected chi connectivity index (χ3v) is 2.25. The van der Waals surface area contributed by atoms with Crippen LogP contribution in [0, 0.1) is 5.82 Å². The van der Waals surface area contributed by atoms with Crippen molar-refractivity contribution in [3.63, 3.8) is 0 Å². The van der Waals surface area contributed by atoms with Gasteiger partial charge in [0.15, 0.2) is 10.8 Å². The van der Waals surface area contributed by atoms with E-state index >= 15 is 0 Å². The number of halogens is 2. The second kappa shape index (κ2) is 4.02. The Morgan fingerprint density at radius 2 is 2.25 bits per heavy atom. The molecule has 0 amide bonds. The Balaban J connectivity index is 2.69. The number of hydrogen-bond donors (Lipinski definition) is 0. The number of esters is 1. The molecule has 0 radical (unpaired) electrons. The van der Waals surface area contributed by atoms with Gasteiger partial charge in [0.2, 0.25) is 0 Å². The molecule has 2 heterocycles. The fraction of sp³-hybridized carbons (Fsp3) is 0.100. The molecular weight excluding hydrogens is 235 g/mol. The molecule has 2 rings (SSSR count). The molecule has 0 fully saturated rings. The summed E-state index contributed by atoms with van der Waals surface area (Å²) in [5.41, 5.74) is 0.364. The minimum atomic E-state index is -0.631. The van der Waals surface area contributed by atoms with E-state index in [1.54, 1.807) is 0 Å². The van der Waals surface area contributed by atoms with Gasteiger partial charge in [-0.15, -0.1) is 0 Å². The van der Waals surface area contributed by atoms with E-state index in [1.165, 1.54) is 19.2 Å². The molecule has 0 saturated heterocycles. The summed E-state index contributed by atoms with van der Waals surface area (Å²) in [6.07, 6.45) is 1.04. The van der Waals surface area contributed by atoms with Crippen molar-refractivity contribution >= 4 is 28.5 Å². The van der Waals surface area contributed by atoms with Gasteiger partial charge in [0.25, 0.3) is 0 Å². The average molecular weight is 241 g/mol. The van der Waals surface area contributed by atoms with Crippen LogP contribution in [0.5, 0.6) is 0 Å². The summed E-state index contributed by atoms with van der Waals surface area (Å²) in [4.78, 5) is 18.8. The SMILES string of the molecule is COC(=O)c1cc2cc(F)cnc2c(Cl)n1. The number of methoxy groups -OCH3 is 1. The van der Waals surface area contributed by atoms with Crippen molar-refractivity contribution in [1.82, 2.24) is 9.97 Å². The standard InChI is InChI=1S/C10H6ClFN2O2/c1-16-10(15)7-3-5-2-6(12)4-13-8(5)9(11)14-7/h2-4H,1H3. The van der Waals surface area contributed by atoms with E-state index in [2.05, 4.69) is 14.7 Å². The highest BCUT2D eigenvalue weighted by Gasteiger charge is 2.12. The summed E-state index contributed by atoms with van der Waals surface area (Å²) in [6.45, 7) is 0. The zero-order valence-electron chi connectivity index (χ0n) is 8.20. The third-order valence-electron chi connectivity index (χ3n) is 1.98. The number of fused-ring (bicyclic) bond motifs is 1. The van der Waals surface area contributed by atoms with Crippen molar-refractivity contribution in [1.29, 1.82) is 0 Å². The number of aromatic nitrogens is 2. The third kappa shape index (κ3) is 1.81. The van der Waals surface area contributed by atoms with E-state index < -0.39 is 11.8 Å². The normalized spacial score (nSPS) is 10.4. The molecule has 0 bridgehead atoms. The highest BCUT2D eigenvalue weighted by Crippen LogP contribution is 2.21. The largest absolute Gasteiger partial charge is 0.464 e. The fourth-order valence-corrected chi connectivity index (χ4v) is 1.53. The van der Waals surface area contributed by atoms with Crippen LogP contribution in [0.25, 0.3) is 10.9 Å². The first kappa shape index (κ1) is 10.8. The minimum Gasteiger partial charge on any atom is -0.464 e.